The van der Waals surface area contributed by atoms with Crippen LogP contribution in [0.4, 0.5) is 0 Å². The lowest BCUT2D eigenvalue weighted by atomic mass is 9.80. The van der Waals surface area contributed by atoms with Crippen molar-refractivity contribution in [2.75, 3.05) is 13.7 Å². The van der Waals surface area contributed by atoms with Crippen molar-refractivity contribution in [1.29, 1.82) is 0 Å². The number of para-hydroxylation sites is 1. The van der Waals surface area contributed by atoms with E-state index < -0.39 is 0 Å². The SMILES string of the molecule is COc1ccccc1C1CCC2(CCCNC2c2ccccc2)O1. The highest BCUT2D eigenvalue weighted by Gasteiger charge is 2.48. The van der Waals surface area contributed by atoms with Gasteiger partial charge in [0.2, 0.25) is 0 Å². The van der Waals surface area contributed by atoms with Gasteiger partial charge in [0.1, 0.15) is 5.75 Å². The summed E-state index contributed by atoms with van der Waals surface area (Å²) in [7, 11) is 1.73. The lowest BCUT2D eigenvalue weighted by Gasteiger charge is -2.42. The van der Waals surface area contributed by atoms with Crippen LogP contribution in [0.1, 0.15) is 49.0 Å². The number of nitrogens with one attached hydrogen (secondary N) is 1. The Bertz CT molecular complexity index is 687. The Kier molecular flexibility index (Phi) is 4.30. The molecule has 2 fully saturated rings. The molecule has 0 aliphatic carbocycles. The maximum atomic E-state index is 6.74. The van der Waals surface area contributed by atoms with Crippen LogP contribution in [0.3, 0.4) is 0 Å². The molecule has 0 bridgehead atoms. The van der Waals surface area contributed by atoms with Gasteiger partial charge in [-0.05, 0) is 43.9 Å². The van der Waals surface area contributed by atoms with Gasteiger partial charge in [-0.1, -0.05) is 48.5 Å². The predicted molar refractivity (Wildman–Crippen MR) is 95.2 cm³/mol. The Balaban J connectivity index is 1.63. The second-order valence-corrected chi connectivity index (χ2v) is 6.85. The molecule has 2 heterocycles. The highest BCUT2D eigenvalue weighted by atomic mass is 16.5. The van der Waals surface area contributed by atoms with E-state index in [1.807, 2.05) is 12.1 Å². The van der Waals surface area contributed by atoms with Crippen LogP contribution in [0, 0.1) is 0 Å². The summed E-state index contributed by atoms with van der Waals surface area (Å²) in [5.74, 6) is 0.930. The van der Waals surface area contributed by atoms with Crippen molar-refractivity contribution in [1.82, 2.24) is 5.32 Å². The zero-order chi connectivity index (χ0) is 16.4. The second-order valence-electron chi connectivity index (χ2n) is 6.85. The molecule has 3 atom stereocenters. The molecule has 126 valence electrons. The van der Waals surface area contributed by atoms with Crippen LogP contribution in [0.25, 0.3) is 0 Å². The summed E-state index contributed by atoms with van der Waals surface area (Å²) in [6, 6.07) is 19.3. The van der Waals surface area contributed by atoms with Crippen molar-refractivity contribution in [3.8, 4) is 5.75 Å². The number of rotatable bonds is 3. The first-order valence-corrected chi connectivity index (χ1v) is 8.91. The Labute approximate surface area is 144 Å². The first kappa shape index (κ1) is 15.7. The number of piperidine rings is 1. The minimum absolute atomic E-state index is 0.106. The molecule has 0 amide bonds. The monoisotopic (exact) mass is 323 g/mol. The normalized spacial score (nSPS) is 29.7. The molecular weight excluding hydrogens is 298 g/mol. The minimum Gasteiger partial charge on any atom is -0.496 e. The largest absolute Gasteiger partial charge is 0.496 e. The lowest BCUT2D eigenvalue weighted by Crippen LogP contribution is -2.48. The second kappa shape index (κ2) is 6.58. The predicted octanol–water partition coefficient (Wildman–Crippen LogP) is 4.41. The van der Waals surface area contributed by atoms with Crippen molar-refractivity contribution in [3.05, 3.63) is 65.7 Å². The number of hydrogen-bond donors (Lipinski definition) is 1. The number of benzene rings is 2. The Morgan fingerprint density at radius 1 is 1.04 bits per heavy atom. The molecule has 0 aromatic heterocycles. The first-order valence-electron chi connectivity index (χ1n) is 8.91. The third-order valence-electron chi connectivity index (χ3n) is 5.48. The maximum absolute atomic E-state index is 6.74. The quantitative estimate of drug-likeness (QED) is 0.907. The smallest absolute Gasteiger partial charge is 0.124 e. The fraction of sp³-hybridized carbons (Fsp3) is 0.429. The van der Waals surface area contributed by atoms with E-state index in [9.17, 15) is 0 Å². The van der Waals surface area contributed by atoms with Gasteiger partial charge in [-0.25, -0.2) is 0 Å². The van der Waals surface area contributed by atoms with Crippen LogP contribution in [-0.4, -0.2) is 19.3 Å². The molecule has 0 radical (unpaired) electrons. The third kappa shape index (κ3) is 2.72. The van der Waals surface area contributed by atoms with Crippen LogP contribution in [0.2, 0.25) is 0 Å². The number of ether oxygens (including phenoxy) is 2. The van der Waals surface area contributed by atoms with Crippen molar-refractivity contribution >= 4 is 0 Å². The van der Waals surface area contributed by atoms with Gasteiger partial charge in [0.25, 0.3) is 0 Å². The highest BCUT2D eigenvalue weighted by Crippen LogP contribution is 2.51. The van der Waals surface area contributed by atoms with Gasteiger partial charge >= 0.3 is 0 Å². The zero-order valence-corrected chi connectivity index (χ0v) is 14.2. The topological polar surface area (TPSA) is 30.5 Å². The van der Waals surface area contributed by atoms with Gasteiger partial charge in [0.05, 0.1) is 24.9 Å². The summed E-state index contributed by atoms with van der Waals surface area (Å²) in [6.45, 7) is 1.06. The molecule has 4 rings (SSSR count). The summed E-state index contributed by atoms with van der Waals surface area (Å²) in [4.78, 5) is 0. The fourth-order valence-electron chi connectivity index (χ4n) is 4.36. The van der Waals surface area contributed by atoms with Gasteiger partial charge in [-0.3, -0.25) is 0 Å². The van der Waals surface area contributed by atoms with Gasteiger partial charge in [-0.2, -0.15) is 0 Å². The van der Waals surface area contributed by atoms with Crippen molar-refractivity contribution in [2.45, 2.75) is 43.4 Å². The van der Waals surface area contributed by atoms with Crippen LogP contribution in [0.15, 0.2) is 54.6 Å². The highest BCUT2D eigenvalue weighted by molar-refractivity contribution is 5.36. The van der Waals surface area contributed by atoms with E-state index in [0.29, 0.717) is 0 Å². The van der Waals surface area contributed by atoms with E-state index >= 15 is 0 Å². The Morgan fingerprint density at radius 2 is 1.83 bits per heavy atom. The van der Waals surface area contributed by atoms with E-state index in [-0.39, 0.29) is 17.7 Å². The minimum atomic E-state index is -0.106. The van der Waals surface area contributed by atoms with Crippen molar-refractivity contribution < 1.29 is 9.47 Å². The molecule has 3 heteroatoms. The van der Waals surface area contributed by atoms with E-state index in [0.717, 1.165) is 31.6 Å². The van der Waals surface area contributed by atoms with E-state index in [2.05, 4.69) is 47.8 Å². The summed E-state index contributed by atoms with van der Waals surface area (Å²) in [5, 5.41) is 3.71. The molecule has 2 aliphatic heterocycles. The standard InChI is InChI=1S/C21H25NO2/c1-23-18-11-6-5-10-17(18)19-12-14-21(24-19)13-7-15-22-20(21)16-8-3-2-4-9-16/h2-6,8-11,19-20,22H,7,12-15H2,1H3. The van der Waals surface area contributed by atoms with Gasteiger partial charge in [0, 0.05) is 5.56 Å². The molecule has 3 unspecified atom stereocenters. The molecule has 2 aliphatic rings. The Morgan fingerprint density at radius 3 is 2.67 bits per heavy atom. The third-order valence-corrected chi connectivity index (χ3v) is 5.48. The fourth-order valence-corrected chi connectivity index (χ4v) is 4.36. The molecule has 0 saturated carbocycles. The summed E-state index contributed by atoms with van der Waals surface area (Å²) < 4.78 is 12.3. The molecule has 1 N–H and O–H groups in total. The zero-order valence-electron chi connectivity index (χ0n) is 14.2. The molecule has 3 nitrogen and oxygen atoms in total. The molecule has 2 aromatic carbocycles. The van der Waals surface area contributed by atoms with E-state index in [1.54, 1.807) is 7.11 Å². The summed E-state index contributed by atoms with van der Waals surface area (Å²) in [6.07, 6.45) is 4.54. The van der Waals surface area contributed by atoms with Crippen LogP contribution >= 0.6 is 0 Å². The summed E-state index contributed by atoms with van der Waals surface area (Å²) in [5.41, 5.74) is 2.40. The van der Waals surface area contributed by atoms with Gasteiger partial charge in [0.15, 0.2) is 0 Å². The van der Waals surface area contributed by atoms with Crippen LogP contribution in [0.5, 0.6) is 5.75 Å². The number of hydrogen-bond acceptors (Lipinski definition) is 3. The van der Waals surface area contributed by atoms with E-state index in [1.165, 1.54) is 17.5 Å². The molecule has 2 saturated heterocycles. The van der Waals surface area contributed by atoms with E-state index in [4.69, 9.17) is 9.47 Å². The van der Waals surface area contributed by atoms with Crippen molar-refractivity contribution in [2.24, 2.45) is 0 Å². The van der Waals surface area contributed by atoms with Crippen molar-refractivity contribution in [3.63, 3.8) is 0 Å². The lowest BCUT2D eigenvalue weighted by molar-refractivity contribution is -0.0849. The average molecular weight is 323 g/mol. The molecule has 1 spiro atoms. The molecule has 2 aromatic rings. The van der Waals surface area contributed by atoms with Crippen LogP contribution < -0.4 is 10.1 Å². The van der Waals surface area contributed by atoms with Crippen LogP contribution in [-0.2, 0) is 4.74 Å². The number of methoxy groups -OCH3 is 1. The van der Waals surface area contributed by atoms with Gasteiger partial charge in [-0.15, -0.1) is 0 Å². The first-order chi connectivity index (χ1) is 11.8. The maximum Gasteiger partial charge on any atom is 0.124 e. The molecular formula is C21H25NO2. The summed E-state index contributed by atoms with van der Waals surface area (Å²) >= 11 is 0. The molecule has 24 heavy (non-hydrogen) atoms. The average Bonchev–Trinajstić information content (AvgIpc) is 3.07. The van der Waals surface area contributed by atoms with Gasteiger partial charge < -0.3 is 14.8 Å². The Hall–Kier alpha value is -1.84.